The van der Waals surface area contributed by atoms with Crippen molar-refractivity contribution in [2.45, 2.75) is 62.6 Å². The molecule has 1 unspecified atom stereocenters. The Morgan fingerprint density at radius 1 is 1.09 bits per heavy atom. The lowest BCUT2D eigenvalue weighted by Crippen LogP contribution is -2.50. The van der Waals surface area contributed by atoms with Crippen molar-refractivity contribution in [3.8, 4) is 0 Å². The third-order valence-electron chi connectivity index (χ3n) is 6.75. The molecule has 7 heteroatoms. The molecule has 0 spiro atoms. The summed E-state index contributed by atoms with van der Waals surface area (Å²) in [5, 5.41) is 0. The molecule has 0 bridgehead atoms. The molecule has 0 aliphatic carbocycles. The second-order valence-corrected chi connectivity index (χ2v) is 11.2. The van der Waals surface area contributed by atoms with Crippen molar-refractivity contribution < 1.29 is 13.2 Å². The van der Waals surface area contributed by atoms with E-state index in [0.29, 0.717) is 19.0 Å². The van der Waals surface area contributed by atoms with Crippen LogP contribution in [0.1, 0.15) is 50.3 Å². The Labute approximate surface area is 198 Å². The van der Waals surface area contributed by atoms with E-state index < -0.39 is 9.84 Å². The molecule has 2 N–H and O–H groups in total. The zero-order valence-electron chi connectivity index (χ0n) is 20.0. The van der Waals surface area contributed by atoms with Gasteiger partial charge in [0.1, 0.15) is 0 Å². The van der Waals surface area contributed by atoms with Crippen molar-refractivity contribution in [2.24, 2.45) is 5.73 Å². The van der Waals surface area contributed by atoms with Crippen LogP contribution in [0.25, 0.3) is 0 Å². The Bertz CT molecular complexity index is 1000. The number of carbonyl (C=O) groups is 1. The number of piperidine rings is 1. The van der Waals surface area contributed by atoms with Crippen LogP contribution < -0.4 is 5.73 Å². The van der Waals surface area contributed by atoms with Gasteiger partial charge in [0.05, 0.1) is 11.3 Å². The molecule has 2 aromatic carbocycles. The SMILES string of the molecule is CCN(C(=O)Cc1ccc(S(C)(=O)=O)cc1)C1CCN(C(C)C[C@H](N)c2ccccc2)CC1. The number of carbonyl (C=O) groups excluding carboxylic acids is 1. The Morgan fingerprint density at radius 3 is 2.24 bits per heavy atom. The molecule has 1 saturated heterocycles. The van der Waals surface area contributed by atoms with Crippen molar-refractivity contribution in [3.05, 3.63) is 65.7 Å². The van der Waals surface area contributed by atoms with E-state index in [9.17, 15) is 13.2 Å². The van der Waals surface area contributed by atoms with E-state index >= 15 is 0 Å². The van der Waals surface area contributed by atoms with E-state index in [4.69, 9.17) is 5.73 Å². The number of rotatable bonds is 9. The van der Waals surface area contributed by atoms with Gasteiger partial charge in [0.25, 0.3) is 0 Å². The van der Waals surface area contributed by atoms with Crippen molar-refractivity contribution in [1.82, 2.24) is 9.80 Å². The van der Waals surface area contributed by atoms with Gasteiger partial charge in [0.2, 0.25) is 5.91 Å². The normalized spacial score (nSPS) is 17.5. The fraction of sp³-hybridized carbons (Fsp3) is 0.500. The molecule has 0 saturated carbocycles. The number of amides is 1. The van der Waals surface area contributed by atoms with E-state index in [1.165, 1.54) is 11.8 Å². The Morgan fingerprint density at radius 2 is 1.70 bits per heavy atom. The van der Waals surface area contributed by atoms with Gasteiger partial charge in [-0.25, -0.2) is 8.42 Å². The molecule has 1 heterocycles. The summed E-state index contributed by atoms with van der Waals surface area (Å²) in [7, 11) is -3.23. The molecule has 2 atom stereocenters. The van der Waals surface area contributed by atoms with Gasteiger partial charge in [-0.05, 0) is 56.4 Å². The molecule has 1 fully saturated rings. The highest BCUT2D eigenvalue weighted by Crippen LogP contribution is 2.24. The maximum atomic E-state index is 13.0. The van der Waals surface area contributed by atoms with E-state index in [1.807, 2.05) is 30.0 Å². The van der Waals surface area contributed by atoms with Crippen LogP contribution in [-0.4, -0.2) is 62.1 Å². The van der Waals surface area contributed by atoms with E-state index in [1.54, 1.807) is 24.3 Å². The molecule has 1 amide bonds. The summed E-state index contributed by atoms with van der Waals surface area (Å²) in [5.41, 5.74) is 8.45. The van der Waals surface area contributed by atoms with Crippen LogP contribution >= 0.6 is 0 Å². The summed E-state index contributed by atoms with van der Waals surface area (Å²) in [6.45, 7) is 6.87. The van der Waals surface area contributed by atoms with E-state index in [2.05, 4.69) is 24.0 Å². The molecule has 180 valence electrons. The minimum Gasteiger partial charge on any atom is -0.340 e. The summed E-state index contributed by atoms with van der Waals surface area (Å²) in [6, 6.07) is 17.5. The molecule has 6 nitrogen and oxygen atoms in total. The first-order valence-electron chi connectivity index (χ1n) is 11.8. The fourth-order valence-electron chi connectivity index (χ4n) is 4.76. The second kappa shape index (κ2) is 11.3. The number of likely N-dealkylation sites (tertiary alicyclic amines) is 1. The average Bonchev–Trinajstić information content (AvgIpc) is 2.80. The quantitative estimate of drug-likeness (QED) is 0.606. The van der Waals surface area contributed by atoms with Crippen LogP contribution in [0.2, 0.25) is 0 Å². The zero-order chi connectivity index (χ0) is 24.0. The highest BCUT2D eigenvalue weighted by atomic mass is 32.2. The summed E-state index contributed by atoms with van der Waals surface area (Å²) >= 11 is 0. The number of hydrogen-bond acceptors (Lipinski definition) is 5. The molecule has 1 aliphatic rings. The summed E-state index contributed by atoms with van der Waals surface area (Å²) < 4.78 is 23.3. The van der Waals surface area contributed by atoms with E-state index in [0.717, 1.165) is 37.9 Å². The van der Waals surface area contributed by atoms with Crippen molar-refractivity contribution in [2.75, 3.05) is 25.9 Å². The number of nitrogens with zero attached hydrogens (tertiary/aromatic N) is 2. The largest absolute Gasteiger partial charge is 0.340 e. The second-order valence-electron chi connectivity index (χ2n) is 9.14. The Balaban J connectivity index is 1.52. The number of sulfone groups is 1. The minimum absolute atomic E-state index is 0.0294. The van der Waals surface area contributed by atoms with Gasteiger partial charge < -0.3 is 15.5 Å². The van der Waals surface area contributed by atoms with Gasteiger partial charge in [0, 0.05) is 44.0 Å². The summed E-state index contributed by atoms with van der Waals surface area (Å²) in [4.78, 5) is 17.8. The third-order valence-corrected chi connectivity index (χ3v) is 7.88. The van der Waals surface area contributed by atoms with Crippen LogP contribution in [0.4, 0.5) is 0 Å². The molecule has 0 aromatic heterocycles. The van der Waals surface area contributed by atoms with Crippen LogP contribution in [0, 0.1) is 0 Å². The smallest absolute Gasteiger partial charge is 0.227 e. The topological polar surface area (TPSA) is 83.7 Å². The fourth-order valence-corrected chi connectivity index (χ4v) is 5.39. The van der Waals surface area contributed by atoms with Crippen molar-refractivity contribution >= 4 is 15.7 Å². The number of hydrogen-bond donors (Lipinski definition) is 1. The highest BCUT2D eigenvalue weighted by Gasteiger charge is 2.29. The van der Waals surface area contributed by atoms with Gasteiger partial charge in [-0.2, -0.15) is 0 Å². The van der Waals surface area contributed by atoms with E-state index in [-0.39, 0.29) is 22.9 Å². The standard InChI is InChI=1S/C26H37N3O3S/c1-4-29(26(30)19-21-10-12-24(13-11-21)33(3,31)32)23-14-16-28(17-15-23)20(2)18-25(27)22-8-6-5-7-9-22/h5-13,20,23,25H,4,14-19,27H2,1-3H3/t20?,25-/m0/s1. The number of benzene rings is 2. The van der Waals surface area contributed by atoms with Gasteiger partial charge in [-0.1, -0.05) is 42.5 Å². The average molecular weight is 472 g/mol. The number of nitrogens with two attached hydrogens (primary N) is 1. The van der Waals surface area contributed by atoms with Crippen LogP contribution in [0.15, 0.2) is 59.5 Å². The van der Waals surface area contributed by atoms with Crippen LogP contribution in [-0.2, 0) is 21.1 Å². The maximum Gasteiger partial charge on any atom is 0.227 e. The van der Waals surface area contributed by atoms with Crippen molar-refractivity contribution in [3.63, 3.8) is 0 Å². The predicted molar refractivity (Wildman–Crippen MR) is 133 cm³/mol. The molecule has 2 aromatic rings. The first-order chi connectivity index (χ1) is 15.7. The molecule has 3 rings (SSSR count). The zero-order valence-corrected chi connectivity index (χ0v) is 20.8. The summed E-state index contributed by atoms with van der Waals surface area (Å²) in [6.07, 6.45) is 4.30. The first kappa shape index (κ1) is 25.4. The summed E-state index contributed by atoms with van der Waals surface area (Å²) in [5.74, 6) is 0.0993. The number of likely N-dealkylation sites (N-methyl/N-ethyl adjacent to an activating group) is 1. The van der Waals surface area contributed by atoms with Gasteiger partial charge in [0.15, 0.2) is 9.84 Å². The predicted octanol–water partition coefficient (Wildman–Crippen LogP) is 3.42. The highest BCUT2D eigenvalue weighted by molar-refractivity contribution is 7.90. The van der Waals surface area contributed by atoms with Gasteiger partial charge in [-0.3, -0.25) is 4.79 Å². The molecular weight excluding hydrogens is 434 g/mol. The lowest BCUT2D eigenvalue weighted by atomic mass is 9.96. The van der Waals surface area contributed by atoms with Crippen LogP contribution in [0.5, 0.6) is 0 Å². The lowest BCUT2D eigenvalue weighted by molar-refractivity contribution is -0.133. The lowest BCUT2D eigenvalue weighted by Gasteiger charge is -2.41. The molecule has 0 radical (unpaired) electrons. The molecule has 33 heavy (non-hydrogen) atoms. The minimum atomic E-state index is -3.23. The van der Waals surface area contributed by atoms with Crippen molar-refractivity contribution in [1.29, 1.82) is 0 Å². The molecule has 1 aliphatic heterocycles. The Kier molecular flexibility index (Phi) is 8.68. The Hall–Kier alpha value is -2.22. The monoisotopic (exact) mass is 471 g/mol. The first-order valence-corrected chi connectivity index (χ1v) is 13.7. The third kappa shape index (κ3) is 6.88. The van der Waals surface area contributed by atoms with Crippen LogP contribution in [0.3, 0.4) is 0 Å². The maximum absolute atomic E-state index is 13.0. The van der Waals surface area contributed by atoms with Gasteiger partial charge >= 0.3 is 0 Å². The molecular formula is C26H37N3O3S. The van der Waals surface area contributed by atoms with Gasteiger partial charge in [-0.15, -0.1) is 0 Å².